The number of hydrogen-bond acceptors (Lipinski definition) is 11. The molecule has 3 aliphatic heterocycles. The molecule has 4 aliphatic rings. The summed E-state index contributed by atoms with van der Waals surface area (Å²) in [5.41, 5.74) is 2.08. The summed E-state index contributed by atoms with van der Waals surface area (Å²) in [7, 11) is 5.32. The number of piperidine rings is 2. The first-order chi connectivity index (χ1) is 46.9. The minimum atomic E-state index is -5.15. The summed E-state index contributed by atoms with van der Waals surface area (Å²) in [5.74, 6) is -1.81. The minimum absolute atomic E-state index is 0.0280. The largest absolute Gasteiger partial charge is 0.446 e. The monoisotopic (exact) mass is 1360 g/mol. The summed E-state index contributed by atoms with van der Waals surface area (Å²) in [6, 6.07) is 37.7. The maximum absolute atomic E-state index is 14.3. The van der Waals surface area contributed by atoms with Crippen molar-refractivity contribution in [1.82, 2.24) is 29.4 Å². The number of rotatable bonds is 26. The zero-order chi connectivity index (χ0) is 69.8. The molecule has 3 fully saturated rings. The first-order valence-electron chi connectivity index (χ1n) is 33.7. The smallest absolute Gasteiger partial charge is 0.416 e. The maximum atomic E-state index is 14.3. The number of nitrogens with one attached hydrogen (secondary N) is 2. The van der Waals surface area contributed by atoms with Crippen molar-refractivity contribution in [1.29, 1.82) is 0 Å². The van der Waals surface area contributed by atoms with Crippen molar-refractivity contribution < 1.29 is 68.9 Å². The fourth-order valence-corrected chi connectivity index (χ4v) is 14.0. The molecule has 0 bridgehead atoms. The molecule has 524 valence electrons. The van der Waals surface area contributed by atoms with Crippen molar-refractivity contribution in [2.45, 2.75) is 113 Å². The Balaban J connectivity index is 0.611. The lowest BCUT2D eigenvalue weighted by atomic mass is 9.72. The van der Waals surface area contributed by atoms with E-state index in [1.54, 1.807) is 28.8 Å². The number of fused-ring (bicyclic) bond motifs is 2. The number of halogens is 7. The number of likely N-dealkylation sites (N-methyl/N-ethyl adjacent to an activating group) is 2. The fraction of sp³-hybridized carbons (Fsp3) is 0.453. The van der Waals surface area contributed by atoms with E-state index in [2.05, 4.69) is 32.6 Å². The van der Waals surface area contributed by atoms with Crippen LogP contribution in [-0.4, -0.2) is 178 Å². The number of benzene rings is 6. The number of amides is 5. The van der Waals surface area contributed by atoms with Gasteiger partial charge in [0.05, 0.1) is 29.5 Å². The highest BCUT2D eigenvalue weighted by Crippen LogP contribution is 2.49. The van der Waals surface area contributed by atoms with Gasteiger partial charge in [-0.1, -0.05) is 91.3 Å². The Morgan fingerprint density at radius 3 is 2.03 bits per heavy atom. The van der Waals surface area contributed by atoms with Crippen molar-refractivity contribution in [3.63, 3.8) is 0 Å². The van der Waals surface area contributed by atoms with Gasteiger partial charge in [-0.15, -0.1) is 0 Å². The molecule has 10 rings (SSSR count). The van der Waals surface area contributed by atoms with E-state index in [4.69, 9.17) is 14.2 Å². The molecule has 0 aromatic heterocycles. The quantitative estimate of drug-likeness (QED) is 0.0394. The lowest BCUT2D eigenvalue weighted by Crippen LogP contribution is -2.50. The van der Waals surface area contributed by atoms with E-state index < -0.39 is 64.6 Å². The van der Waals surface area contributed by atoms with Crippen LogP contribution in [0.5, 0.6) is 0 Å². The van der Waals surface area contributed by atoms with E-state index in [1.165, 1.54) is 24.3 Å². The number of carbonyl (C=O) groups excluding carboxylic acids is 5. The van der Waals surface area contributed by atoms with Crippen LogP contribution in [0.4, 0.5) is 46.9 Å². The zero-order valence-electron chi connectivity index (χ0n) is 56.0. The van der Waals surface area contributed by atoms with E-state index in [0.29, 0.717) is 107 Å². The Labute approximate surface area is 568 Å². The maximum Gasteiger partial charge on any atom is 0.416 e. The van der Waals surface area contributed by atoms with Crippen LogP contribution in [0, 0.1) is 12.7 Å². The molecule has 98 heavy (non-hydrogen) atoms. The number of aryl methyl sites for hydroxylation is 1. The number of anilines is 2. The molecule has 0 radical (unpaired) electrons. The predicted molar refractivity (Wildman–Crippen MR) is 360 cm³/mol. The van der Waals surface area contributed by atoms with E-state index in [9.17, 15) is 54.7 Å². The molecule has 6 aromatic carbocycles. The van der Waals surface area contributed by atoms with Crippen LogP contribution < -0.4 is 10.6 Å². The van der Waals surface area contributed by atoms with E-state index in [-0.39, 0.29) is 55.6 Å². The number of ether oxygens (including phenoxy) is 3. The Kier molecular flexibility index (Phi) is 23.7. The molecule has 2 N–H and O–H groups in total. The lowest BCUT2D eigenvalue weighted by Gasteiger charge is -2.44. The molecule has 2 atom stereocenters. The summed E-state index contributed by atoms with van der Waals surface area (Å²) in [5, 5.41) is 6.39. The van der Waals surface area contributed by atoms with Gasteiger partial charge < -0.3 is 48.9 Å². The van der Waals surface area contributed by atoms with E-state index in [1.807, 2.05) is 98.9 Å². The van der Waals surface area contributed by atoms with Crippen LogP contribution in [0.25, 0.3) is 11.1 Å². The third-order valence-electron chi connectivity index (χ3n) is 19.8. The van der Waals surface area contributed by atoms with Gasteiger partial charge in [0, 0.05) is 108 Å². The highest BCUT2D eigenvalue weighted by atomic mass is 19.4. The highest BCUT2D eigenvalue weighted by molar-refractivity contribution is 5.96. The van der Waals surface area contributed by atoms with Crippen LogP contribution in [-0.2, 0) is 53.6 Å². The predicted octanol–water partition coefficient (Wildman–Crippen LogP) is 13.3. The van der Waals surface area contributed by atoms with Gasteiger partial charge in [0.1, 0.15) is 30.9 Å². The second-order valence-corrected chi connectivity index (χ2v) is 26.4. The molecule has 1 aliphatic carbocycles. The van der Waals surface area contributed by atoms with Crippen LogP contribution in [0.1, 0.15) is 118 Å². The number of likely N-dealkylation sites (tertiary alicyclic amines) is 2. The third-order valence-corrected chi connectivity index (χ3v) is 19.8. The van der Waals surface area contributed by atoms with E-state index >= 15 is 0 Å². The highest BCUT2D eigenvalue weighted by Gasteiger charge is 2.50. The second-order valence-electron chi connectivity index (χ2n) is 26.4. The van der Waals surface area contributed by atoms with Crippen LogP contribution in [0.2, 0.25) is 0 Å². The third kappa shape index (κ3) is 18.1. The van der Waals surface area contributed by atoms with E-state index in [0.717, 1.165) is 90.1 Å². The summed E-state index contributed by atoms with van der Waals surface area (Å²) >= 11 is 0. The number of unbranched alkanes of at least 4 members (excludes halogenated alkanes) is 2. The molecule has 5 amide bonds. The number of nitrogens with zero attached hydrogens (tertiary/aromatic N) is 6. The number of para-hydroxylation sites is 1. The molecule has 1 spiro atoms. The van der Waals surface area contributed by atoms with Crippen LogP contribution in [0.15, 0.2) is 140 Å². The van der Waals surface area contributed by atoms with Gasteiger partial charge in [-0.05, 0) is 160 Å². The fourth-order valence-electron chi connectivity index (χ4n) is 14.0. The Morgan fingerprint density at radius 2 is 1.33 bits per heavy atom. The van der Waals surface area contributed by atoms with Gasteiger partial charge in [-0.25, -0.2) is 9.18 Å². The molecule has 23 heteroatoms. The van der Waals surface area contributed by atoms with Gasteiger partial charge in [-0.3, -0.25) is 24.5 Å². The molecule has 3 heterocycles. The number of hydrogen-bond donors (Lipinski definition) is 2. The zero-order valence-corrected chi connectivity index (χ0v) is 56.0. The Morgan fingerprint density at radius 1 is 0.673 bits per heavy atom. The molecular formula is C75H87F7N8O8. The van der Waals surface area contributed by atoms with Crippen molar-refractivity contribution >= 4 is 41.1 Å². The average Bonchev–Trinajstić information content (AvgIpc) is 1.58. The number of alkyl halides is 6. The Hall–Kier alpha value is -8.38. The van der Waals surface area contributed by atoms with Crippen LogP contribution in [0.3, 0.4) is 0 Å². The van der Waals surface area contributed by atoms with Gasteiger partial charge in [-0.2, -0.15) is 26.3 Å². The second kappa shape index (κ2) is 32.1. The average molecular weight is 1360 g/mol. The minimum Gasteiger partial charge on any atom is -0.446 e. The van der Waals surface area contributed by atoms with Crippen molar-refractivity contribution in [2.75, 3.05) is 117 Å². The van der Waals surface area contributed by atoms with Gasteiger partial charge in [0.15, 0.2) is 0 Å². The van der Waals surface area contributed by atoms with Crippen LogP contribution >= 0.6 is 0 Å². The molecular weight excluding hydrogens is 1270 g/mol. The standard InChI is InChI=1S/C75H87F7N8O8/c1-52-44-60(83-34-14-6-9-22-67(91)86(3)42-43-88-37-29-61(30-38-88)98-71(95)84-65-21-13-11-19-63(65)53-16-7-5-8-17-53)27-28-62(52)70(94)87(4)36-15-35-85(2)68(92)49-96-66-47-54-18-10-12-20-64(54)72(66)31-39-89(40-32-72)41-33-73(56-23-25-59(76)26-24-56)50-90(51-97-73)69(93)55-45-57(74(77,78)79)48-58(46-55)75(80,81)82/h5,7-8,10-13,16-21,23-28,44-46,48,61,66,83H,6,9,14-15,22,29-43,47,49-51H2,1-4H3,(H,84,95)/t66-,73-/m0/s1. The van der Waals surface area contributed by atoms with Gasteiger partial charge >= 0.3 is 18.4 Å². The van der Waals surface area contributed by atoms with Gasteiger partial charge in [0.2, 0.25) is 11.8 Å². The van der Waals surface area contributed by atoms with Crippen molar-refractivity contribution in [3.8, 4) is 11.1 Å². The molecule has 6 aromatic rings. The van der Waals surface area contributed by atoms with Crippen molar-refractivity contribution in [2.24, 2.45) is 0 Å². The lowest BCUT2D eigenvalue weighted by molar-refractivity contribution is -0.143. The first-order valence-corrected chi connectivity index (χ1v) is 33.7. The molecule has 16 nitrogen and oxygen atoms in total. The normalized spacial score (nSPS) is 18.1. The molecule has 3 saturated heterocycles. The number of carbonyl (C=O) groups is 5. The summed E-state index contributed by atoms with van der Waals surface area (Å²) in [6.07, 6.45) is -4.03. The SMILES string of the molecule is Cc1cc(NCCCCCC(=O)N(C)CCN2CCC(OC(=O)Nc3ccccc3-c3ccccc3)CC2)ccc1C(=O)N(C)CCCN(C)C(=O)CO[C@H]1Cc2ccccc2C12CCN(CC[C@@]1(c3ccc(F)cc3)CN(C(=O)c3cc(C(F)(F)F)cc(C(F)(F)F)c3)CO1)CC2. The molecule has 0 unspecified atom stereocenters. The first kappa shape index (κ1) is 72.4. The summed E-state index contributed by atoms with van der Waals surface area (Å²) in [4.78, 5) is 77.7. The molecule has 0 saturated carbocycles. The summed E-state index contributed by atoms with van der Waals surface area (Å²) < 4.78 is 116. The van der Waals surface area contributed by atoms with Crippen molar-refractivity contribution in [3.05, 3.63) is 190 Å². The summed E-state index contributed by atoms with van der Waals surface area (Å²) in [6.45, 7) is 7.22. The van der Waals surface area contributed by atoms with Gasteiger partial charge in [0.25, 0.3) is 11.8 Å². The topological polar surface area (TPSA) is 157 Å². The Bertz CT molecular complexity index is 3700.